The average molecular weight is 298 g/mol. The van der Waals surface area contributed by atoms with Gasteiger partial charge in [0.15, 0.2) is 0 Å². The molecule has 0 aliphatic carbocycles. The first-order valence-electron chi connectivity index (χ1n) is 5.70. The van der Waals surface area contributed by atoms with Crippen molar-refractivity contribution in [1.82, 2.24) is 14.8 Å². The third-order valence-electron chi connectivity index (χ3n) is 3.18. The Bertz CT molecular complexity index is 424. The number of carbonyl (C=O) groups is 1. The van der Waals surface area contributed by atoms with Gasteiger partial charge in [0.1, 0.15) is 10.3 Å². The molecular weight excluding hydrogens is 282 g/mol. The molecule has 1 aliphatic heterocycles. The number of pyridine rings is 1. The van der Waals surface area contributed by atoms with Crippen molar-refractivity contribution in [3.8, 4) is 0 Å². The van der Waals surface area contributed by atoms with Gasteiger partial charge in [-0.3, -0.25) is 4.79 Å². The lowest BCUT2D eigenvalue weighted by atomic mass is 10.2. The summed E-state index contributed by atoms with van der Waals surface area (Å²) in [7, 11) is 2.09. The summed E-state index contributed by atoms with van der Waals surface area (Å²) < 4.78 is 0.700. The summed E-state index contributed by atoms with van der Waals surface area (Å²) in [5.74, 6) is 0.0197. The first kappa shape index (κ1) is 12.5. The minimum Gasteiger partial charge on any atom is -0.334 e. The van der Waals surface area contributed by atoms with Crippen LogP contribution in [0.15, 0.2) is 22.8 Å². The molecule has 1 fully saturated rings. The van der Waals surface area contributed by atoms with Crippen LogP contribution >= 0.6 is 15.9 Å². The van der Waals surface area contributed by atoms with Crippen LogP contribution in [0.2, 0.25) is 0 Å². The molecule has 0 aromatic carbocycles. The fourth-order valence-corrected chi connectivity index (χ4v) is 2.27. The zero-order chi connectivity index (χ0) is 12.4. The fourth-order valence-electron chi connectivity index (χ4n) is 1.92. The Morgan fingerprint density at radius 2 is 2.24 bits per heavy atom. The fraction of sp³-hybridized carbons (Fsp3) is 0.500. The molecule has 2 rings (SSSR count). The number of carbonyl (C=O) groups excluding carboxylic acids is 1. The monoisotopic (exact) mass is 297 g/mol. The van der Waals surface area contributed by atoms with Crippen LogP contribution in [0.5, 0.6) is 0 Å². The zero-order valence-corrected chi connectivity index (χ0v) is 11.6. The van der Waals surface area contributed by atoms with E-state index in [9.17, 15) is 4.79 Å². The molecule has 0 saturated carbocycles. The van der Waals surface area contributed by atoms with E-state index in [0.717, 1.165) is 19.6 Å². The van der Waals surface area contributed by atoms with Crippen LogP contribution in [0.1, 0.15) is 17.4 Å². The maximum absolute atomic E-state index is 12.2. The minimum atomic E-state index is 0.0197. The lowest BCUT2D eigenvalue weighted by Gasteiger charge is -2.37. The number of hydrogen-bond acceptors (Lipinski definition) is 3. The highest BCUT2D eigenvalue weighted by Crippen LogP contribution is 2.12. The molecular formula is C12H16BrN3O. The molecule has 1 aromatic rings. The van der Waals surface area contributed by atoms with E-state index < -0.39 is 0 Å². The van der Waals surface area contributed by atoms with Crippen molar-refractivity contribution in [3.63, 3.8) is 0 Å². The Kier molecular flexibility index (Phi) is 3.79. The van der Waals surface area contributed by atoms with Gasteiger partial charge in [0.25, 0.3) is 5.91 Å². The molecule has 1 aliphatic rings. The number of rotatable bonds is 1. The summed E-state index contributed by atoms with van der Waals surface area (Å²) in [6.45, 7) is 4.59. The van der Waals surface area contributed by atoms with Crippen molar-refractivity contribution < 1.29 is 4.79 Å². The van der Waals surface area contributed by atoms with Gasteiger partial charge < -0.3 is 9.80 Å². The lowest BCUT2D eigenvalue weighted by molar-refractivity contribution is 0.0566. The van der Waals surface area contributed by atoms with Crippen LogP contribution in [-0.2, 0) is 0 Å². The molecule has 0 spiro atoms. The van der Waals surface area contributed by atoms with E-state index >= 15 is 0 Å². The molecule has 0 N–H and O–H groups in total. The molecule has 5 heteroatoms. The zero-order valence-electron chi connectivity index (χ0n) is 10.1. The Labute approximate surface area is 110 Å². The molecule has 1 unspecified atom stereocenters. The van der Waals surface area contributed by atoms with E-state index in [-0.39, 0.29) is 5.91 Å². The Balaban J connectivity index is 2.10. The number of nitrogens with zero attached hydrogens (tertiary/aromatic N) is 3. The summed E-state index contributed by atoms with van der Waals surface area (Å²) in [4.78, 5) is 20.6. The topological polar surface area (TPSA) is 36.4 Å². The van der Waals surface area contributed by atoms with Gasteiger partial charge in [0.05, 0.1) is 0 Å². The number of piperazine rings is 1. The van der Waals surface area contributed by atoms with Crippen molar-refractivity contribution >= 4 is 21.8 Å². The van der Waals surface area contributed by atoms with Crippen molar-refractivity contribution in [1.29, 1.82) is 0 Å². The second kappa shape index (κ2) is 5.14. The van der Waals surface area contributed by atoms with Crippen molar-refractivity contribution in [3.05, 3.63) is 28.5 Å². The molecule has 1 amide bonds. The lowest BCUT2D eigenvalue weighted by Crippen LogP contribution is -2.52. The summed E-state index contributed by atoms with van der Waals surface area (Å²) in [5, 5.41) is 0. The van der Waals surface area contributed by atoms with Crippen molar-refractivity contribution in [2.75, 3.05) is 26.7 Å². The highest BCUT2D eigenvalue weighted by atomic mass is 79.9. The second-order valence-electron chi connectivity index (χ2n) is 4.43. The Morgan fingerprint density at radius 1 is 1.47 bits per heavy atom. The van der Waals surface area contributed by atoms with Crippen molar-refractivity contribution in [2.24, 2.45) is 0 Å². The minimum absolute atomic E-state index is 0.0197. The largest absolute Gasteiger partial charge is 0.334 e. The normalized spacial score (nSPS) is 21.6. The second-order valence-corrected chi connectivity index (χ2v) is 5.24. The molecule has 4 nitrogen and oxygen atoms in total. The maximum Gasteiger partial charge on any atom is 0.272 e. The summed E-state index contributed by atoms with van der Waals surface area (Å²) in [6, 6.07) is 5.82. The van der Waals surface area contributed by atoms with E-state index in [1.54, 1.807) is 6.07 Å². The highest BCUT2D eigenvalue weighted by molar-refractivity contribution is 9.10. The van der Waals surface area contributed by atoms with Gasteiger partial charge in [-0.1, -0.05) is 6.07 Å². The van der Waals surface area contributed by atoms with E-state index in [0.29, 0.717) is 16.3 Å². The van der Waals surface area contributed by atoms with Crippen LogP contribution in [0, 0.1) is 0 Å². The maximum atomic E-state index is 12.2. The van der Waals surface area contributed by atoms with Crippen LogP contribution in [0.3, 0.4) is 0 Å². The molecule has 0 bridgehead atoms. The summed E-state index contributed by atoms with van der Waals surface area (Å²) in [6.07, 6.45) is 0. The first-order valence-corrected chi connectivity index (χ1v) is 6.49. The first-order chi connectivity index (χ1) is 8.08. The van der Waals surface area contributed by atoms with Gasteiger partial charge in [-0.15, -0.1) is 0 Å². The summed E-state index contributed by atoms with van der Waals surface area (Å²) >= 11 is 3.29. The van der Waals surface area contributed by atoms with Crippen molar-refractivity contribution in [2.45, 2.75) is 13.0 Å². The molecule has 92 valence electrons. The number of hydrogen-bond donors (Lipinski definition) is 0. The SMILES string of the molecule is CC1CN(C(=O)c2cccc(Br)n2)CCN1C. The third kappa shape index (κ3) is 2.84. The average Bonchev–Trinajstić information content (AvgIpc) is 2.32. The van der Waals surface area contributed by atoms with E-state index in [2.05, 4.69) is 39.8 Å². The van der Waals surface area contributed by atoms with Crippen LogP contribution in [-0.4, -0.2) is 53.4 Å². The van der Waals surface area contributed by atoms with Gasteiger partial charge in [0.2, 0.25) is 0 Å². The third-order valence-corrected chi connectivity index (χ3v) is 3.62. The number of amides is 1. The van der Waals surface area contributed by atoms with E-state index in [4.69, 9.17) is 0 Å². The van der Waals surface area contributed by atoms with Crippen LogP contribution < -0.4 is 0 Å². The standard InChI is InChI=1S/C12H16BrN3O/c1-9-8-16(7-6-15(9)2)12(17)10-4-3-5-11(13)14-10/h3-5,9H,6-8H2,1-2H3. The van der Waals surface area contributed by atoms with Crippen LogP contribution in [0.25, 0.3) is 0 Å². The molecule has 1 atom stereocenters. The molecule has 2 heterocycles. The van der Waals surface area contributed by atoms with Gasteiger partial charge in [-0.25, -0.2) is 4.98 Å². The molecule has 1 aromatic heterocycles. The number of likely N-dealkylation sites (N-methyl/N-ethyl adjacent to an activating group) is 1. The Morgan fingerprint density at radius 3 is 2.88 bits per heavy atom. The van der Waals surface area contributed by atoms with Gasteiger partial charge in [0, 0.05) is 25.7 Å². The van der Waals surface area contributed by atoms with Crippen LogP contribution in [0.4, 0.5) is 0 Å². The predicted octanol–water partition coefficient (Wildman–Crippen LogP) is 1.62. The number of aromatic nitrogens is 1. The molecule has 1 saturated heterocycles. The van der Waals surface area contributed by atoms with Gasteiger partial charge in [-0.05, 0) is 42.0 Å². The van der Waals surface area contributed by atoms with E-state index in [1.165, 1.54) is 0 Å². The van der Waals surface area contributed by atoms with Gasteiger partial charge >= 0.3 is 0 Å². The number of halogens is 1. The predicted molar refractivity (Wildman–Crippen MR) is 69.9 cm³/mol. The van der Waals surface area contributed by atoms with E-state index in [1.807, 2.05) is 17.0 Å². The smallest absolute Gasteiger partial charge is 0.272 e. The quantitative estimate of drug-likeness (QED) is 0.739. The molecule has 17 heavy (non-hydrogen) atoms. The summed E-state index contributed by atoms with van der Waals surface area (Å²) in [5.41, 5.74) is 0.510. The molecule has 0 radical (unpaired) electrons. The Hall–Kier alpha value is -0.940. The van der Waals surface area contributed by atoms with Gasteiger partial charge in [-0.2, -0.15) is 0 Å². The highest BCUT2D eigenvalue weighted by Gasteiger charge is 2.25.